The Morgan fingerprint density at radius 2 is 1.84 bits per heavy atom. The van der Waals surface area contributed by atoms with E-state index in [1.54, 1.807) is 51.1 Å². The smallest absolute Gasteiger partial charge is 0.340 e. The average molecular weight is 444 g/mol. The number of rotatable bonds is 3. The molecule has 8 heteroatoms. The Morgan fingerprint density at radius 1 is 1.19 bits per heavy atom. The summed E-state index contributed by atoms with van der Waals surface area (Å²) in [5, 5.41) is 24.0. The molecule has 1 aromatic carbocycles. The standard InChI is InChI=1S/C24H28O8/c1-13-16(31-14(2)25)10-23(29)20(3)12-30-24(32-18(27)15-8-6-5-7-9-15)19(28)22(13,23)11-17(26)21(20,24)4/h5-9,13,16,19,28-29H,10-12H2,1-4H3/t13-,16+,19-,20-,21-,22+,23+,24+/m0/s1. The highest BCUT2D eigenvalue weighted by Gasteiger charge is 2.94. The van der Waals surface area contributed by atoms with Gasteiger partial charge in [0.05, 0.1) is 17.8 Å². The summed E-state index contributed by atoms with van der Waals surface area (Å²) in [6, 6.07) is 8.28. The van der Waals surface area contributed by atoms with Gasteiger partial charge in [0.1, 0.15) is 23.4 Å². The molecule has 1 saturated heterocycles. The van der Waals surface area contributed by atoms with Crippen molar-refractivity contribution in [1.82, 2.24) is 0 Å². The normalized spacial score (nSPS) is 48.4. The summed E-state index contributed by atoms with van der Waals surface area (Å²) in [6.45, 7) is 6.30. The van der Waals surface area contributed by atoms with Crippen molar-refractivity contribution in [3.05, 3.63) is 35.9 Å². The van der Waals surface area contributed by atoms with Gasteiger partial charge in [0, 0.05) is 36.5 Å². The van der Waals surface area contributed by atoms with E-state index in [2.05, 4.69) is 0 Å². The summed E-state index contributed by atoms with van der Waals surface area (Å²) < 4.78 is 17.5. The van der Waals surface area contributed by atoms with Crippen LogP contribution in [0, 0.1) is 22.2 Å². The Balaban J connectivity index is 1.68. The maximum Gasteiger partial charge on any atom is 0.340 e. The maximum atomic E-state index is 13.7. The fraction of sp³-hybridized carbons (Fsp3) is 0.625. The molecule has 8 nitrogen and oxygen atoms in total. The van der Waals surface area contributed by atoms with E-state index in [0.717, 1.165) is 0 Å². The molecule has 1 aromatic rings. The van der Waals surface area contributed by atoms with E-state index in [-0.39, 0.29) is 30.8 Å². The van der Waals surface area contributed by atoms with Gasteiger partial charge in [0.25, 0.3) is 5.79 Å². The highest BCUT2D eigenvalue weighted by molar-refractivity contribution is 5.94. The van der Waals surface area contributed by atoms with Gasteiger partial charge in [-0.05, 0) is 19.1 Å². The number of aliphatic hydroxyl groups excluding tert-OH is 1. The summed E-state index contributed by atoms with van der Waals surface area (Å²) in [6.07, 6.45) is -2.25. The minimum Gasteiger partial charge on any atom is -0.462 e. The van der Waals surface area contributed by atoms with Crippen LogP contribution in [0.1, 0.15) is 50.9 Å². The highest BCUT2D eigenvalue weighted by Crippen LogP contribution is 2.80. The number of esters is 2. The van der Waals surface area contributed by atoms with E-state index in [0.29, 0.717) is 0 Å². The SMILES string of the molecule is CC(=O)O[C@@H]1C[C@]2(O)[C@]3(CC(=O)[C@]4(C)[C@@](OC(=O)c5ccccc5)(OC[C@]24C)[C@H]3O)[C@H]1C. The van der Waals surface area contributed by atoms with Crippen LogP contribution in [0.15, 0.2) is 30.3 Å². The van der Waals surface area contributed by atoms with E-state index in [1.165, 1.54) is 6.92 Å². The summed E-state index contributed by atoms with van der Waals surface area (Å²) in [4.78, 5) is 38.5. The summed E-state index contributed by atoms with van der Waals surface area (Å²) >= 11 is 0. The lowest BCUT2D eigenvalue weighted by atomic mass is 9.35. The van der Waals surface area contributed by atoms with Crippen molar-refractivity contribution in [2.24, 2.45) is 22.2 Å². The van der Waals surface area contributed by atoms with Gasteiger partial charge in [0.15, 0.2) is 0 Å². The molecule has 0 aromatic heterocycles. The molecular formula is C24H28O8. The minimum atomic E-state index is -1.96. The maximum absolute atomic E-state index is 13.7. The zero-order valence-electron chi connectivity index (χ0n) is 18.6. The average Bonchev–Trinajstić information content (AvgIpc) is 3.10. The zero-order valence-corrected chi connectivity index (χ0v) is 18.6. The van der Waals surface area contributed by atoms with E-state index in [9.17, 15) is 24.6 Å². The van der Waals surface area contributed by atoms with Crippen LogP contribution in [0.3, 0.4) is 0 Å². The van der Waals surface area contributed by atoms with Crippen molar-refractivity contribution in [1.29, 1.82) is 0 Å². The van der Waals surface area contributed by atoms with Crippen molar-refractivity contribution in [3.8, 4) is 0 Å². The Kier molecular flexibility index (Phi) is 4.16. The van der Waals surface area contributed by atoms with Crippen molar-refractivity contribution >= 4 is 17.7 Å². The fourth-order valence-electron chi connectivity index (χ4n) is 7.39. The molecule has 8 atom stereocenters. The molecule has 1 spiro atoms. The van der Waals surface area contributed by atoms with Crippen LogP contribution in [0.5, 0.6) is 0 Å². The third kappa shape index (κ3) is 1.99. The quantitative estimate of drug-likeness (QED) is 0.675. The summed E-state index contributed by atoms with van der Waals surface area (Å²) in [5.41, 5.74) is -5.38. The number of ether oxygens (including phenoxy) is 3. The van der Waals surface area contributed by atoms with Crippen LogP contribution >= 0.6 is 0 Å². The number of fused-ring (bicyclic) bond motifs is 1. The second-order valence-corrected chi connectivity index (χ2v) is 10.2. The molecule has 4 saturated carbocycles. The van der Waals surface area contributed by atoms with Crippen LogP contribution in [-0.2, 0) is 23.8 Å². The van der Waals surface area contributed by atoms with Gasteiger partial charge in [-0.3, -0.25) is 9.59 Å². The predicted molar refractivity (Wildman–Crippen MR) is 109 cm³/mol. The van der Waals surface area contributed by atoms with Crippen LogP contribution in [0.4, 0.5) is 0 Å². The molecule has 5 fully saturated rings. The molecule has 1 aliphatic heterocycles. The lowest BCUT2D eigenvalue weighted by molar-refractivity contribution is -0.366. The van der Waals surface area contributed by atoms with Gasteiger partial charge >= 0.3 is 11.9 Å². The highest BCUT2D eigenvalue weighted by atomic mass is 16.7. The fourth-order valence-corrected chi connectivity index (χ4v) is 7.39. The summed E-state index contributed by atoms with van der Waals surface area (Å²) in [5.74, 6) is -4.01. The first kappa shape index (κ1) is 21.6. The number of Topliss-reactive ketones (excluding diaryl/α,β-unsaturated/α-hetero) is 1. The topological polar surface area (TPSA) is 119 Å². The number of hydrogen-bond acceptors (Lipinski definition) is 8. The third-order valence-corrected chi connectivity index (χ3v) is 9.36. The van der Waals surface area contributed by atoms with Crippen LogP contribution in [-0.4, -0.2) is 58.1 Å². The molecule has 4 aliphatic carbocycles. The zero-order chi connectivity index (χ0) is 23.3. The van der Waals surface area contributed by atoms with Crippen LogP contribution < -0.4 is 0 Å². The Hall–Kier alpha value is -2.29. The number of benzene rings is 1. The first-order valence-corrected chi connectivity index (χ1v) is 10.9. The predicted octanol–water partition coefficient (Wildman–Crippen LogP) is 1.62. The Bertz CT molecular complexity index is 1020. The molecular weight excluding hydrogens is 416 g/mol. The van der Waals surface area contributed by atoms with Gasteiger partial charge in [0.2, 0.25) is 0 Å². The lowest BCUT2D eigenvalue weighted by Crippen LogP contribution is -2.84. The number of hydrogen-bond donors (Lipinski definition) is 2. The van der Waals surface area contributed by atoms with Gasteiger partial charge in [-0.1, -0.05) is 32.0 Å². The van der Waals surface area contributed by atoms with Gasteiger partial charge in [-0.25, -0.2) is 4.79 Å². The second-order valence-electron chi connectivity index (χ2n) is 10.2. The third-order valence-electron chi connectivity index (χ3n) is 9.36. The monoisotopic (exact) mass is 444 g/mol. The molecule has 1 heterocycles. The van der Waals surface area contributed by atoms with Gasteiger partial charge in [-0.15, -0.1) is 0 Å². The number of carbonyl (C=O) groups is 3. The number of aliphatic hydroxyl groups is 2. The minimum absolute atomic E-state index is 0.0657. The molecule has 0 unspecified atom stereocenters. The molecule has 2 N–H and O–H groups in total. The van der Waals surface area contributed by atoms with Gasteiger partial charge < -0.3 is 24.4 Å². The Morgan fingerprint density at radius 3 is 2.47 bits per heavy atom. The molecule has 5 aliphatic rings. The van der Waals surface area contributed by atoms with Crippen molar-refractivity contribution in [2.75, 3.05) is 6.61 Å². The van der Waals surface area contributed by atoms with Gasteiger partial charge in [-0.2, -0.15) is 0 Å². The number of ketones is 1. The van der Waals surface area contributed by atoms with Crippen molar-refractivity contribution < 1.29 is 38.8 Å². The van der Waals surface area contributed by atoms with Crippen molar-refractivity contribution in [2.45, 2.75) is 64.1 Å². The molecule has 172 valence electrons. The molecule has 6 rings (SSSR count). The first-order chi connectivity index (χ1) is 14.9. The molecule has 0 radical (unpaired) electrons. The largest absolute Gasteiger partial charge is 0.462 e. The molecule has 0 amide bonds. The summed E-state index contributed by atoms with van der Waals surface area (Å²) in [7, 11) is 0. The van der Waals surface area contributed by atoms with Crippen LogP contribution in [0.2, 0.25) is 0 Å². The second kappa shape index (κ2) is 6.18. The first-order valence-electron chi connectivity index (χ1n) is 10.9. The van der Waals surface area contributed by atoms with E-state index >= 15 is 0 Å². The van der Waals surface area contributed by atoms with E-state index < -0.39 is 57.7 Å². The molecule has 32 heavy (non-hydrogen) atoms. The molecule has 4 bridgehead atoms. The number of carbonyl (C=O) groups excluding carboxylic acids is 3. The van der Waals surface area contributed by atoms with Crippen LogP contribution in [0.25, 0.3) is 0 Å². The van der Waals surface area contributed by atoms with E-state index in [4.69, 9.17) is 14.2 Å². The Labute approximate surface area is 185 Å². The van der Waals surface area contributed by atoms with Crippen molar-refractivity contribution in [3.63, 3.8) is 0 Å². The van der Waals surface area contributed by atoms with E-state index in [1.807, 2.05) is 0 Å². The lowest BCUT2D eigenvalue weighted by Gasteiger charge is -2.70.